The normalized spacial score (nSPS) is 11.7. The van der Waals surface area contributed by atoms with Crippen LogP contribution in [-0.4, -0.2) is 32.0 Å². The maximum absolute atomic E-state index is 13.1. The molecule has 5 nitrogen and oxygen atoms in total. The molecule has 0 bridgehead atoms. The Morgan fingerprint density at radius 1 is 1.00 bits per heavy atom. The van der Waals surface area contributed by atoms with Crippen LogP contribution in [0.4, 0.5) is 14.5 Å². The van der Waals surface area contributed by atoms with Crippen LogP contribution in [0.3, 0.4) is 0 Å². The Balaban J connectivity index is 1.74. The van der Waals surface area contributed by atoms with E-state index in [1.165, 1.54) is 11.6 Å². The van der Waals surface area contributed by atoms with Crippen LogP contribution in [0.25, 0.3) is 0 Å². The molecule has 0 spiro atoms. The van der Waals surface area contributed by atoms with Crippen molar-refractivity contribution in [2.24, 2.45) is 0 Å². The van der Waals surface area contributed by atoms with Gasteiger partial charge in [-0.3, -0.25) is 9.59 Å². The zero-order valence-electron chi connectivity index (χ0n) is 14.7. The molecule has 1 atom stereocenters. The van der Waals surface area contributed by atoms with E-state index in [4.69, 9.17) is 0 Å². The zero-order valence-corrected chi connectivity index (χ0v) is 14.7. The molecule has 26 heavy (non-hydrogen) atoms. The van der Waals surface area contributed by atoms with E-state index in [9.17, 15) is 18.4 Å². The van der Waals surface area contributed by atoms with E-state index < -0.39 is 17.5 Å². The highest BCUT2D eigenvalue weighted by molar-refractivity contribution is 5.94. The first-order chi connectivity index (χ1) is 12.3. The van der Waals surface area contributed by atoms with Gasteiger partial charge in [0.1, 0.15) is 6.54 Å². The molecule has 0 fully saturated rings. The second kappa shape index (κ2) is 9.05. The summed E-state index contributed by atoms with van der Waals surface area (Å²) < 4.78 is 25.9. The van der Waals surface area contributed by atoms with Gasteiger partial charge in [-0.25, -0.2) is 8.78 Å². The lowest BCUT2D eigenvalue weighted by Crippen LogP contribution is -3.08. The number of rotatable bonds is 7. The molecule has 0 heterocycles. The van der Waals surface area contributed by atoms with E-state index >= 15 is 0 Å². The lowest BCUT2D eigenvalue weighted by Gasteiger charge is -2.14. The Bertz CT molecular complexity index is 779. The molecule has 7 heteroatoms. The third-order valence-electron chi connectivity index (χ3n) is 3.74. The summed E-state index contributed by atoms with van der Waals surface area (Å²) in [6, 6.07) is 11.1. The van der Waals surface area contributed by atoms with Crippen LogP contribution in [0.2, 0.25) is 0 Å². The predicted octanol–water partition coefficient (Wildman–Crippen LogP) is 1.04. The number of amides is 2. The summed E-state index contributed by atoms with van der Waals surface area (Å²) in [5, 5.41) is 4.91. The number of likely N-dealkylation sites (N-methyl/N-ethyl adjacent to an activating group) is 1. The van der Waals surface area contributed by atoms with E-state index in [1.54, 1.807) is 0 Å². The van der Waals surface area contributed by atoms with Crippen LogP contribution in [0, 0.1) is 18.6 Å². The van der Waals surface area contributed by atoms with Crippen molar-refractivity contribution in [3.8, 4) is 0 Å². The lowest BCUT2D eigenvalue weighted by atomic mass is 10.1. The number of halogens is 2. The van der Waals surface area contributed by atoms with Crippen LogP contribution in [0.1, 0.15) is 11.1 Å². The lowest BCUT2D eigenvalue weighted by molar-refractivity contribution is -0.885. The summed E-state index contributed by atoms with van der Waals surface area (Å²) in [5.74, 6) is -2.82. The molecule has 0 saturated heterocycles. The number of quaternary nitrogens is 1. The van der Waals surface area contributed by atoms with E-state index in [0.717, 1.165) is 22.6 Å². The number of anilines is 1. The van der Waals surface area contributed by atoms with Crippen LogP contribution in [0.5, 0.6) is 0 Å². The van der Waals surface area contributed by atoms with Gasteiger partial charge >= 0.3 is 0 Å². The molecule has 2 amide bonds. The minimum absolute atomic E-state index is 0.130. The Morgan fingerprint density at radius 3 is 2.35 bits per heavy atom. The number of benzene rings is 2. The van der Waals surface area contributed by atoms with Crippen LogP contribution < -0.4 is 15.5 Å². The van der Waals surface area contributed by atoms with Gasteiger partial charge in [-0.05, 0) is 19.1 Å². The van der Waals surface area contributed by atoms with Crippen molar-refractivity contribution in [2.45, 2.75) is 13.5 Å². The summed E-state index contributed by atoms with van der Waals surface area (Å²) in [6.07, 6.45) is 0. The molecule has 138 valence electrons. The third-order valence-corrected chi connectivity index (χ3v) is 3.74. The number of carbonyl (C=O) groups is 2. The Morgan fingerprint density at radius 2 is 1.69 bits per heavy atom. The first-order valence-corrected chi connectivity index (χ1v) is 8.22. The molecule has 0 radical (unpaired) electrons. The van der Waals surface area contributed by atoms with Gasteiger partial charge in [-0.2, -0.15) is 0 Å². The zero-order chi connectivity index (χ0) is 19.1. The van der Waals surface area contributed by atoms with Gasteiger partial charge in [0.25, 0.3) is 5.91 Å². The summed E-state index contributed by atoms with van der Waals surface area (Å²) >= 11 is 0. The standard InChI is InChI=1S/C19H21F2N3O2/c1-13-3-5-14(6-4-13)11-24(2)12-19(26)22-10-18(25)23-15-7-8-16(20)17(21)9-15/h3-9H,10-12H2,1-2H3,(H,22,26)(H,23,25)/p+1. The van der Waals surface area contributed by atoms with Crippen molar-refractivity contribution >= 4 is 17.5 Å². The van der Waals surface area contributed by atoms with Crippen LogP contribution in [-0.2, 0) is 16.1 Å². The summed E-state index contributed by atoms with van der Waals surface area (Å²) in [6.45, 7) is 2.68. The van der Waals surface area contributed by atoms with Gasteiger partial charge in [0.2, 0.25) is 5.91 Å². The highest BCUT2D eigenvalue weighted by atomic mass is 19.2. The molecule has 0 aromatic heterocycles. The molecule has 0 saturated carbocycles. The minimum Gasteiger partial charge on any atom is -0.342 e. The number of hydrogen-bond donors (Lipinski definition) is 3. The highest BCUT2D eigenvalue weighted by Crippen LogP contribution is 2.12. The molecule has 2 rings (SSSR count). The quantitative estimate of drug-likeness (QED) is 0.689. The Labute approximate surface area is 151 Å². The number of nitrogens with one attached hydrogen (secondary N) is 3. The number of carbonyl (C=O) groups excluding carboxylic acids is 2. The van der Waals surface area contributed by atoms with Crippen molar-refractivity contribution in [1.82, 2.24) is 5.32 Å². The SMILES string of the molecule is Cc1ccc(C[NH+](C)CC(=O)NCC(=O)Nc2ccc(F)c(F)c2)cc1. The van der Waals surface area contributed by atoms with Crippen molar-refractivity contribution in [3.63, 3.8) is 0 Å². The molecular formula is C19H22F2N3O2+. The second-order valence-electron chi connectivity index (χ2n) is 6.25. The average Bonchev–Trinajstić information content (AvgIpc) is 2.58. The summed E-state index contributed by atoms with van der Waals surface area (Å²) in [7, 11) is 1.89. The molecule has 3 N–H and O–H groups in total. The molecule has 2 aromatic carbocycles. The van der Waals surface area contributed by atoms with Crippen molar-refractivity contribution in [3.05, 3.63) is 65.2 Å². The number of hydrogen-bond acceptors (Lipinski definition) is 2. The fourth-order valence-electron chi connectivity index (χ4n) is 2.41. The largest absolute Gasteiger partial charge is 0.342 e. The predicted molar refractivity (Wildman–Crippen MR) is 94.6 cm³/mol. The van der Waals surface area contributed by atoms with Gasteiger partial charge in [-0.1, -0.05) is 29.8 Å². The third kappa shape index (κ3) is 6.25. The average molecular weight is 362 g/mol. The van der Waals surface area contributed by atoms with E-state index in [2.05, 4.69) is 10.6 Å². The summed E-state index contributed by atoms with van der Waals surface area (Å²) in [4.78, 5) is 24.7. The maximum atomic E-state index is 13.1. The van der Waals surface area contributed by atoms with Gasteiger partial charge in [-0.15, -0.1) is 0 Å². The fourth-order valence-corrected chi connectivity index (χ4v) is 2.41. The first-order valence-electron chi connectivity index (χ1n) is 8.22. The Hall–Kier alpha value is -2.80. The van der Waals surface area contributed by atoms with E-state index in [-0.39, 0.29) is 24.7 Å². The monoisotopic (exact) mass is 362 g/mol. The fraction of sp³-hybridized carbons (Fsp3) is 0.263. The minimum atomic E-state index is -1.05. The maximum Gasteiger partial charge on any atom is 0.275 e. The smallest absolute Gasteiger partial charge is 0.275 e. The number of aryl methyl sites for hydroxylation is 1. The molecular weight excluding hydrogens is 340 g/mol. The van der Waals surface area contributed by atoms with Crippen molar-refractivity contribution < 1.29 is 23.3 Å². The van der Waals surface area contributed by atoms with E-state index in [0.29, 0.717) is 6.54 Å². The first kappa shape index (κ1) is 19.5. The Kier molecular flexibility index (Phi) is 6.80. The van der Waals surface area contributed by atoms with Gasteiger partial charge in [0.05, 0.1) is 13.6 Å². The van der Waals surface area contributed by atoms with Crippen LogP contribution in [0.15, 0.2) is 42.5 Å². The molecule has 0 aliphatic rings. The highest BCUT2D eigenvalue weighted by Gasteiger charge is 2.12. The summed E-state index contributed by atoms with van der Waals surface area (Å²) in [5.41, 5.74) is 2.43. The van der Waals surface area contributed by atoms with Gasteiger partial charge < -0.3 is 15.5 Å². The van der Waals surface area contributed by atoms with Crippen molar-refractivity contribution in [1.29, 1.82) is 0 Å². The van der Waals surface area contributed by atoms with Gasteiger partial charge in [0.15, 0.2) is 18.2 Å². The van der Waals surface area contributed by atoms with E-state index in [1.807, 2.05) is 38.2 Å². The molecule has 1 unspecified atom stereocenters. The van der Waals surface area contributed by atoms with Crippen LogP contribution >= 0.6 is 0 Å². The van der Waals surface area contributed by atoms with Gasteiger partial charge in [0, 0.05) is 17.3 Å². The molecule has 2 aromatic rings. The molecule has 0 aliphatic heterocycles. The topological polar surface area (TPSA) is 62.6 Å². The van der Waals surface area contributed by atoms with Crippen molar-refractivity contribution in [2.75, 3.05) is 25.5 Å². The molecule has 0 aliphatic carbocycles. The second-order valence-corrected chi connectivity index (χ2v) is 6.25.